The SMILES string of the molecule is CC(C)c1nc(-c2nc(C[S@@](C)=O)no2)nn1-c1cccc(F)c1. The van der Waals surface area contributed by atoms with E-state index in [9.17, 15) is 8.60 Å². The normalized spacial score (nSPS) is 12.7. The third-order valence-corrected chi connectivity index (χ3v) is 3.86. The first-order chi connectivity index (χ1) is 11.4. The van der Waals surface area contributed by atoms with Gasteiger partial charge < -0.3 is 4.52 Å². The lowest BCUT2D eigenvalue weighted by Crippen LogP contribution is -2.04. The van der Waals surface area contributed by atoms with Crippen LogP contribution in [0, 0.1) is 5.82 Å². The minimum absolute atomic E-state index is 0.0556. The van der Waals surface area contributed by atoms with Gasteiger partial charge in [-0.2, -0.15) is 4.98 Å². The van der Waals surface area contributed by atoms with Crippen LogP contribution in [0.25, 0.3) is 17.4 Å². The second kappa shape index (κ2) is 6.60. The molecule has 0 saturated carbocycles. The summed E-state index contributed by atoms with van der Waals surface area (Å²) in [4.78, 5) is 8.60. The molecule has 1 aromatic carbocycles. The number of benzene rings is 1. The lowest BCUT2D eigenvalue weighted by atomic mass is 10.2. The van der Waals surface area contributed by atoms with E-state index in [2.05, 4.69) is 20.2 Å². The van der Waals surface area contributed by atoms with Crippen molar-refractivity contribution in [1.82, 2.24) is 24.9 Å². The Labute approximate surface area is 140 Å². The highest BCUT2D eigenvalue weighted by Gasteiger charge is 2.20. The van der Waals surface area contributed by atoms with Gasteiger partial charge in [-0.3, -0.25) is 4.21 Å². The molecular weight excluding hydrogens is 333 g/mol. The van der Waals surface area contributed by atoms with E-state index < -0.39 is 10.8 Å². The average molecular weight is 349 g/mol. The third kappa shape index (κ3) is 3.40. The van der Waals surface area contributed by atoms with Gasteiger partial charge in [0.2, 0.25) is 5.82 Å². The lowest BCUT2D eigenvalue weighted by Gasteiger charge is -2.07. The molecule has 0 unspecified atom stereocenters. The van der Waals surface area contributed by atoms with Crippen LogP contribution in [0.1, 0.15) is 31.4 Å². The summed E-state index contributed by atoms with van der Waals surface area (Å²) in [5.41, 5.74) is 0.562. The molecule has 3 aromatic rings. The predicted molar refractivity (Wildman–Crippen MR) is 86.5 cm³/mol. The first-order valence-corrected chi connectivity index (χ1v) is 9.02. The van der Waals surface area contributed by atoms with Crippen molar-refractivity contribution in [3.8, 4) is 17.4 Å². The summed E-state index contributed by atoms with van der Waals surface area (Å²) in [6, 6.07) is 6.10. The molecule has 0 N–H and O–H groups in total. The van der Waals surface area contributed by atoms with Gasteiger partial charge in [-0.15, -0.1) is 5.10 Å². The lowest BCUT2D eigenvalue weighted by molar-refractivity contribution is 0.422. The van der Waals surface area contributed by atoms with Crippen LogP contribution >= 0.6 is 0 Å². The van der Waals surface area contributed by atoms with Crippen LogP contribution in [0.15, 0.2) is 28.8 Å². The maximum Gasteiger partial charge on any atom is 0.297 e. The predicted octanol–water partition coefficient (Wildman–Crippen LogP) is 2.46. The maximum absolute atomic E-state index is 13.5. The summed E-state index contributed by atoms with van der Waals surface area (Å²) >= 11 is 0. The van der Waals surface area contributed by atoms with Crippen LogP contribution in [0.4, 0.5) is 4.39 Å². The quantitative estimate of drug-likeness (QED) is 0.703. The molecule has 2 aromatic heterocycles. The summed E-state index contributed by atoms with van der Waals surface area (Å²) < 4.78 is 31.5. The topological polar surface area (TPSA) is 86.7 Å². The zero-order valence-corrected chi connectivity index (χ0v) is 14.2. The van der Waals surface area contributed by atoms with Crippen molar-refractivity contribution in [2.75, 3.05) is 6.26 Å². The van der Waals surface area contributed by atoms with E-state index in [1.54, 1.807) is 23.1 Å². The summed E-state index contributed by atoms with van der Waals surface area (Å²) in [6.07, 6.45) is 1.56. The molecule has 0 amide bonds. The van der Waals surface area contributed by atoms with Gasteiger partial charge in [-0.25, -0.2) is 14.1 Å². The molecule has 0 radical (unpaired) electrons. The van der Waals surface area contributed by atoms with E-state index in [1.807, 2.05) is 13.8 Å². The van der Waals surface area contributed by atoms with Crippen molar-refractivity contribution in [1.29, 1.82) is 0 Å². The molecule has 0 aliphatic heterocycles. The number of halogens is 1. The summed E-state index contributed by atoms with van der Waals surface area (Å²) in [6.45, 7) is 3.92. The summed E-state index contributed by atoms with van der Waals surface area (Å²) in [5.74, 6) is 1.28. The molecule has 0 spiro atoms. The van der Waals surface area contributed by atoms with Crippen LogP contribution in [-0.4, -0.2) is 35.4 Å². The maximum atomic E-state index is 13.5. The fourth-order valence-corrected chi connectivity index (χ4v) is 2.65. The first-order valence-electron chi connectivity index (χ1n) is 7.30. The van der Waals surface area contributed by atoms with Gasteiger partial charge in [0, 0.05) is 23.0 Å². The largest absolute Gasteiger partial charge is 0.330 e. The fraction of sp³-hybridized carbons (Fsp3) is 0.333. The molecule has 2 heterocycles. The molecular formula is C15H16FN5O2S. The van der Waals surface area contributed by atoms with Gasteiger partial charge in [-0.05, 0) is 18.2 Å². The van der Waals surface area contributed by atoms with Gasteiger partial charge >= 0.3 is 0 Å². The van der Waals surface area contributed by atoms with Crippen LogP contribution in [-0.2, 0) is 16.6 Å². The van der Waals surface area contributed by atoms with Crippen LogP contribution in [0.5, 0.6) is 0 Å². The van der Waals surface area contributed by atoms with E-state index in [0.29, 0.717) is 17.3 Å². The molecule has 7 nitrogen and oxygen atoms in total. The Balaban J connectivity index is 2.03. The van der Waals surface area contributed by atoms with E-state index in [0.717, 1.165) is 0 Å². The second-order valence-corrected chi connectivity index (χ2v) is 7.01. The third-order valence-electron chi connectivity index (χ3n) is 3.19. The smallest absolute Gasteiger partial charge is 0.297 e. The van der Waals surface area contributed by atoms with Crippen LogP contribution in [0.2, 0.25) is 0 Å². The van der Waals surface area contributed by atoms with Gasteiger partial charge in [0.1, 0.15) is 11.6 Å². The molecule has 9 heteroatoms. The van der Waals surface area contributed by atoms with Crippen molar-refractivity contribution in [2.45, 2.75) is 25.5 Å². The first kappa shape index (κ1) is 16.4. The van der Waals surface area contributed by atoms with E-state index in [4.69, 9.17) is 4.52 Å². The monoisotopic (exact) mass is 349 g/mol. The highest BCUT2D eigenvalue weighted by Crippen LogP contribution is 2.22. The van der Waals surface area contributed by atoms with Crippen molar-refractivity contribution < 1.29 is 13.1 Å². The number of hydrogen-bond donors (Lipinski definition) is 0. The molecule has 24 heavy (non-hydrogen) atoms. The Morgan fingerprint density at radius 2 is 2.12 bits per heavy atom. The Morgan fingerprint density at radius 1 is 1.33 bits per heavy atom. The minimum atomic E-state index is -1.07. The summed E-state index contributed by atoms with van der Waals surface area (Å²) in [7, 11) is -1.07. The van der Waals surface area contributed by atoms with Gasteiger partial charge in [0.25, 0.3) is 5.89 Å². The van der Waals surface area contributed by atoms with Gasteiger partial charge in [-0.1, -0.05) is 25.1 Å². The zero-order valence-electron chi connectivity index (χ0n) is 13.4. The molecule has 0 saturated heterocycles. The Bertz CT molecular complexity index is 890. The molecule has 0 aliphatic carbocycles. The Morgan fingerprint density at radius 3 is 2.79 bits per heavy atom. The minimum Gasteiger partial charge on any atom is -0.330 e. The van der Waals surface area contributed by atoms with Crippen molar-refractivity contribution in [3.05, 3.63) is 41.7 Å². The highest BCUT2D eigenvalue weighted by atomic mass is 32.2. The van der Waals surface area contributed by atoms with Crippen LogP contribution < -0.4 is 0 Å². The van der Waals surface area contributed by atoms with E-state index in [1.165, 1.54) is 12.1 Å². The highest BCUT2D eigenvalue weighted by molar-refractivity contribution is 7.83. The molecule has 0 bridgehead atoms. The van der Waals surface area contributed by atoms with Crippen LogP contribution in [0.3, 0.4) is 0 Å². The molecule has 1 atom stereocenters. The van der Waals surface area contributed by atoms with Crippen molar-refractivity contribution in [2.24, 2.45) is 0 Å². The Kier molecular flexibility index (Phi) is 4.52. The van der Waals surface area contributed by atoms with E-state index in [-0.39, 0.29) is 29.2 Å². The standard InChI is InChI=1S/C15H16FN5O2S/c1-9(2)14-18-13(15-17-12(20-23-15)8-24(3)22)19-21(14)11-6-4-5-10(16)7-11/h4-7,9H,8H2,1-3H3/t24-/m1/s1. The Hall–Kier alpha value is -2.42. The van der Waals surface area contributed by atoms with E-state index >= 15 is 0 Å². The fourth-order valence-electron chi connectivity index (χ4n) is 2.17. The molecule has 3 rings (SSSR count). The second-order valence-electron chi connectivity index (χ2n) is 5.57. The average Bonchev–Trinajstić information content (AvgIpc) is 3.13. The van der Waals surface area contributed by atoms with Crippen molar-refractivity contribution in [3.63, 3.8) is 0 Å². The van der Waals surface area contributed by atoms with Gasteiger partial charge in [0.05, 0.1) is 11.4 Å². The number of aromatic nitrogens is 5. The number of rotatable bonds is 5. The number of hydrogen-bond acceptors (Lipinski definition) is 6. The molecule has 126 valence electrons. The number of nitrogens with zero attached hydrogens (tertiary/aromatic N) is 5. The van der Waals surface area contributed by atoms with Crippen molar-refractivity contribution >= 4 is 10.8 Å². The molecule has 0 fully saturated rings. The van der Waals surface area contributed by atoms with Gasteiger partial charge in [0.15, 0.2) is 5.82 Å². The molecule has 0 aliphatic rings. The summed E-state index contributed by atoms with van der Waals surface area (Å²) in [5, 5.41) is 8.15. The zero-order chi connectivity index (χ0) is 17.3.